The summed E-state index contributed by atoms with van der Waals surface area (Å²) in [4.78, 5) is 24.4. The Labute approximate surface area is 177 Å². The first-order chi connectivity index (χ1) is 14.6. The van der Waals surface area contributed by atoms with E-state index in [1.807, 2.05) is 0 Å². The van der Waals surface area contributed by atoms with Crippen molar-refractivity contribution >= 4 is 27.6 Å². The quantitative estimate of drug-likeness (QED) is 0.447. The molecular formula is C20H18F2N2O6S. The van der Waals surface area contributed by atoms with Crippen LogP contribution in [0.15, 0.2) is 53.4 Å². The van der Waals surface area contributed by atoms with E-state index >= 15 is 0 Å². The number of sulfonamides is 1. The van der Waals surface area contributed by atoms with E-state index in [1.165, 1.54) is 49.4 Å². The van der Waals surface area contributed by atoms with Gasteiger partial charge in [-0.3, -0.25) is 4.79 Å². The first-order valence-electron chi connectivity index (χ1n) is 8.73. The minimum absolute atomic E-state index is 0.0385. The molecule has 164 valence electrons. The molecule has 0 aliphatic rings. The van der Waals surface area contributed by atoms with Crippen LogP contribution in [0.25, 0.3) is 0 Å². The lowest BCUT2D eigenvalue weighted by atomic mass is 10.2. The van der Waals surface area contributed by atoms with Crippen molar-refractivity contribution in [2.45, 2.75) is 24.5 Å². The van der Waals surface area contributed by atoms with Crippen LogP contribution in [0, 0.1) is 12.3 Å². The molecule has 0 radical (unpaired) electrons. The molecule has 0 spiro atoms. The van der Waals surface area contributed by atoms with Crippen LogP contribution in [-0.2, 0) is 19.6 Å². The van der Waals surface area contributed by atoms with Gasteiger partial charge in [0.05, 0.1) is 22.7 Å². The van der Waals surface area contributed by atoms with Gasteiger partial charge in [0.25, 0.3) is 5.91 Å². The van der Waals surface area contributed by atoms with Gasteiger partial charge >= 0.3 is 12.6 Å². The van der Waals surface area contributed by atoms with Crippen molar-refractivity contribution in [2.24, 2.45) is 0 Å². The summed E-state index contributed by atoms with van der Waals surface area (Å²) in [6, 6.07) is 10.5. The second kappa shape index (κ2) is 10.5. The highest BCUT2D eigenvalue weighted by Crippen LogP contribution is 2.25. The summed E-state index contributed by atoms with van der Waals surface area (Å²) >= 11 is 0. The fourth-order valence-corrected chi connectivity index (χ4v) is 3.28. The molecule has 2 rings (SSSR count). The highest BCUT2D eigenvalue weighted by atomic mass is 32.2. The average Bonchev–Trinajstić information content (AvgIpc) is 2.73. The lowest BCUT2D eigenvalue weighted by Crippen LogP contribution is -2.30. The third-order valence-corrected chi connectivity index (χ3v) is 5.16. The fourth-order valence-electron chi connectivity index (χ4n) is 2.30. The number of amides is 1. The van der Waals surface area contributed by atoms with Crippen molar-refractivity contribution in [2.75, 3.05) is 11.9 Å². The molecule has 0 aromatic heterocycles. The summed E-state index contributed by atoms with van der Waals surface area (Å²) < 4.78 is 60.7. The molecule has 0 saturated heterocycles. The van der Waals surface area contributed by atoms with E-state index in [4.69, 9.17) is 11.2 Å². The van der Waals surface area contributed by atoms with Crippen LogP contribution < -0.4 is 14.8 Å². The van der Waals surface area contributed by atoms with E-state index in [-0.39, 0.29) is 28.4 Å². The number of rotatable bonds is 9. The molecule has 1 atom stereocenters. The number of terminal acetylenes is 1. The van der Waals surface area contributed by atoms with E-state index in [1.54, 1.807) is 0 Å². The Morgan fingerprint density at radius 1 is 1.16 bits per heavy atom. The lowest BCUT2D eigenvalue weighted by Gasteiger charge is -2.16. The average molecular weight is 452 g/mol. The molecule has 0 aliphatic carbocycles. The maximum atomic E-state index is 12.5. The van der Waals surface area contributed by atoms with Crippen molar-refractivity contribution in [1.82, 2.24) is 4.72 Å². The molecule has 0 aliphatic heterocycles. The number of carbonyl (C=O) groups excluding carboxylic acids is 2. The van der Waals surface area contributed by atoms with Crippen molar-refractivity contribution < 1.29 is 36.3 Å². The summed E-state index contributed by atoms with van der Waals surface area (Å²) in [5.41, 5.74) is -0.159. The van der Waals surface area contributed by atoms with Gasteiger partial charge in [-0.15, -0.1) is 6.42 Å². The highest BCUT2D eigenvalue weighted by molar-refractivity contribution is 7.89. The van der Waals surface area contributed by atoms with Gasteiger partial charge in [0.15, 0.2) is 6.10 Å². The van der Waals surface area contributed by atoms with Gasteiger partial charge in [-0.05, 0) is 37.3 Å². The van der Waals surface area contributed by atoms with Crippen LogP contribution >= 0.6 is 0 Å². The topological polar surface area (TPSA) is 111 Å². The largest absolute Gasteiger partial charge is 0.449 e. The Hall–Kier alpha value is -3.49. The molecule has 2 aromatic rings. The first kappa shape index (κ1) is 23.8. The molecule has 1 amide bonds. The number of nitrogens with one attached hydrogen (secondary N) is 2. The predicted molar refractivity (Wildman–Crippen MR) is 107 cm³/mol. The van der Waals surface area contributed by atoms with Gasteiger partial charge in [0, 0.05) is 0 Å². The maximum absolute atomic E-state index is 12.5. The van der Waals surface area contributed by atoms with Crippen LogP contribution in [0.2, 0.25) is 0 Å². The molecule has 0 bridgehead atoms. The highest BCUT2D eigenvalue weighted by Gasteiger charge is 2.22. The van der Waals surface area contributed by atoms with Gasteiger partial charge in [-0.2, -0.15) is 13.5 Å². The van der Waals surface area contributed by atoms with E-state index < -0.39 is 34.6 Å². The third-order valence-electron chi connectivity index (χ3n) is 3.76. The molecule has 2 aromatic carbocycles. The number of anilines is 1. The van der Waals surface area contributed by atoms with Crippen LogP contribution in [-0.4, -0.2) is 39.6 Å². The van der Waals surface area contributed by atoms with Gasteiger partial charge in [0.2, 0.25) is 10.0 Å². The van der Waals surface area contributed by atoms with E-state index in [0.29, 0.717) is 0 Å². The number of benzene rings is 2. The number of hydrogen-bond donors (Lipinski definition) is 2. The van der Waals surface area contributed by atoms with Gasteiger partial charge in [-0.25, -0.2) is 13.2 Å². The summed E-state index contributed by atoms with van der Waals surface area (Å²) in [5.74, 6) is 0.0932. The summed E-state index contributed by atoms with van der Waals surface area (Å²) in [5, 5.41) is 2.33. The van der Waals surface area contributed by atoms with E-state index in [9.17, 15) is 26.8 Å². The third kappa shape index (κ3) is 6.77. The standard InChI is InChI=1S/C20H18F2N2O6S/c1-3-11-23-31(27,28)15-8-6-7-14(12-15)19(26)29-13(2)18(25)24-16-9-4-5-10-17(16)30-20(21)22/h1,4-10,12-13,20,23H,11H2,2H3,(H,24,25). The number of carbonyl (C=O) groups is 2. The molecule has 31 heavy (non-hydrogen) atoms. The smallest absolute Gasteiger partial charge is 0.387 e. The number of alkyl halides is 2. The molecule has 11 heteroatoms. The van der Waals surface area contributed by atoms with Crippen molar-refractivity contribution in [1.29, 1.82) is 0 Å². The zero-order valence-corrected chi connectivity index (χ0v) is 17.0. The van der Waals surface area contributed by atoms with Crippen LogP contribution in [0.5, 0.6) is 5.75 Å². The summed E-state index contributed by atoms with van der Waals surface area (Å²) in [6.45, 7) is -2.06. The Morgan fingerprint density at radius 3 is 2.55 bits per heavy atom. The lowest BCUT2D eigenvalue weighted by molar-refractivity contribution is -0.123. The van der Waals surface area contributed by atoms with Crippen molar-refractivity contribution in [3.05, 3.63) is 54.1 Å². The molecule has 0 heterocycles. The molecular weight excluding hydrogens is 434 g/mol. The van der Waals surface area contributed by atoms with Crippen molar-refractivity contribution in [3.63, 3.8) is 0 Å². The molecule has 8 nitrogen and oxygen atoms in total. The van der Waals surface area contributed by atoms with Gasteiger partial charge < -0.3 is 14.8 Å². The van der Waals surface area contributed by atoms with Gasteiger partial charge in [-0.1, -0.05) is 24.1 Å². The fraction of sp³-hybridized carbons (Fsp3) is 0.200. The minimum atomic E-state index is -3.93. The molecule has 0 saturated carbocycles. The second-order valence-electron chi connectivity index (χ2n) is 5.97. The SMILES string of the molecule is C#CCNS(=O)(=O)c1cccc(C(=O)OC(C)C(=O)Nc2ccccc2OC(F)F)c1. The number of esters is 1. The zero-order chi connectivity index (χ0) is 23.0. The number of ether oxygens (including phenoxy) is 2. The Bertz CT molecular complexity index is 1100. The molecule has 1 unspecified atom stereocenters. The number of para-hydroxylation sites is 2. The Kier molecular flexibility index (Phi) is 8.07. The number of halogens is 2. The zero-order valence-electron chi connectivity index (χ0n) is 16.2. The van der Waals surface area contributed by atoms with Crippen molar-refractivity contribution in [3.8, 4) is 18.1 Å². The Balaban J connectivity index is 2.09. The van der Waals surface area contributed by atoms with E-state index in [0.717, 1.165) is 6.07 Å². The second-order valence-corrected chi connectivity index (χ2v) is 7.73. The summed E-state index contributed by atoms with van der Waals surface area (Å²) in [6.07, 6.45) is 3.70. The van der Waals surface area contributed by atoms with Crippen LogP contribution in [0.1, 0.15) is 17.3 Å². The minimum Gasteiger partial charge on any atom is -0.449 e. The number of hydrogen-bond acceptors (Lipinski definition) is 6. The molecule has 0 fully saturated rings. The predicted octanol–water partition coefficient (Wildman–Crippen LogP) is 2.38. The summed E-state index contributed by atoms with van der Waals surface area (Å²) in [7, 11) is -3.93. The van der Waals surface area contributed by atoms with E-state index in [2.05, 4.69) is 20.7 Å². The normalized spacial score (nSPS) is 12.0. The van der Waals surface area contributed by atoms with Crippen LogP contribution in [0.4, 0.5) is 14.5 Å². The monoisotopic (exact) mass is 452 g/mol. The Morgan fingerprint density at radius 2 is 1.87 bits per heavy atom. The van der Waals surface area contributed by atoms with Gasteiger partial charge in [0.1, 0.15) is 5.75 Å². The molecule has 2 N–H and O–H groups in total. The maximum Gasteiger partial charge on any atom is 0.387 e. The van der Waals surface area contributed by atoms with Crippen LogP contribution in [0.3, 0.4) is 0 Å². The first-order valence-corrected chi connectivity index (χ1v) is 10.2.